The fourth-order valence-electron chi connectivity index (χ4n) is 2.87. The fraction of sp³-hybridized carbons (Fsp3) is 0.412. The third-order valence-corrected chi connectivity index (χ3v) is 5.06. The van der Waals surface area contributed by atoms with Crippen LogP contribution in [0.15, 0.2) is 41.9 Å². The normalized spacial score (nSPS) is 16.1. The second-order valence-corrected chi connectivity index (χ2v) is 6.44. The Morgan fingerprint density at radius 3 is 2.67 bits per heavy atom. The summed E-state index contributed by atoms with van der Waals surface area (Å²) in [7, 11) is 0. The van der Waals surface area contributed by atoms with Gasteiger partial charge in [0, 0.05) is 37.0 Å². The van der Waals surface area contributed by atoms with Crippen LogP contribution < -0.4 is 0 Å². The van der Waals surface area contributed by atoms with Gasteiger partial charge in [-0.2, -0.15) is 0 Å². The predicted molar refractivity (Wildman–Crippen MR) is 85.4 cm³/mol. The Kier molecular flexibility index (Phi) is 4.65. The van der Waals surface area contributed by atoms with Gasteiger partial charge in [0.15, 0.2) is 0 Å². The molecule has 0 bridgehead atoms. The summed E-state index contributed by atoms with van der Waals surface area (Å²) in [5.74, 6) is 0.833. The average Bonchev–Trinajstić information content (AvgIpc) is 3.08. The number of carbonyl (C=O) groups is 1. The summed E-state index contributed by atoms with van der Waals surface area (Å²) in [6, 6.07) is 10.2. The Morgan fingerprint density at radius 1 is 1.24 bits per heavy atom. The van der Waals surface area contributed by atoms with Gasteiger partial charge in [0.1, 0.15) is 0 Å². The smallest absolute Gasteiger partial charge is 0.222 e. The molecule has 1 saturated heterocycles. The van der Waals surface area contributed by atoms with Crippen molar-refractivity contribution in [3.63, 3.8) is 0 Å². The molecule has 2 heterocycles. The zero-order chi connectivity index (χ0) is 14.5. The lowest BCUT2D eigenvalue weighted by Crippen LogP contribution is -2.38. The van der Waals surface area contributed by atoms with E-state index in [1.54, 1.807) is 11.3 Å². The molecule has 0 N–H and O–H groups in total. The number of aromatic nitrogens is 1. The molecule has 0 spiro atoms. The van der Waals surface area contributed by atoms with E-state index in [9.17, 15) is 4.79 Å². The van der Waals surface area contributed by atoms with Gasteiger partial charge in [0.05, 0.1) is 5.01 Å². The van der Waals surface area contributed by atoms with Crippen LogP contribution >= 0.6 is 11.3 Å². The first-order valence-corrected chi connectivity index (χ1v) is 8.42. The number of thiazole rings is 1. The van der Waals surface area contributed by atoms with Crippen LogP contribution in [0, 0.1) is 0 Å². The molecule has 0 unspecified atom stereocenters. The summed E-state index contributed by atoms with van der Waals surface area (Å²) in [5, 5.41) is 3.26. The van der Waals surface area contributed by atoms with Crippen LogP contribution in [0.2, 0.25) is 0 Å². The summed E-state index contributed by atoms with van der Waals surface area (Å²) < 4.78 is 0. The molecule has 0 atom stereocenters. The molecule has 1 aliphatic heterocycles. The van der Waals surface area contributed by atoms with Crippen molar-refractivity contribution in [2.75, 3.05) is 13.1 Å². The summed E-state index contributed by atoms with van der Waals surface area (Å²) in [6.45, 7) is 1.75. The SMILES string of the molecule is O=C(CCc1ccccc1)N1CCC(c2nccs2)CC1. The molecule has 3 rings (SSSR count). The molecule has 1 aliphatic rings. The van der Waals surface area contributed by atoms with E-state index in [0.29, 0.717) is 12.3 Å². The van der Waals surface area contributed by atoms with E-state index in [2.05, 4.69) is 17.1 Å². The van der Waals surface area contributed by atoms with Crippen LogP contribution in [0.5, 0.6) is 0 Å². The highest BCUT2D eigenvalue weighted by atomic mass is 32.1. The minimum Gasteiger partial charge on any atom is -0.343 e. The van der Waals surface area contributed by atoms with Crippen molar-refractivity contribution in [3.05, 3.63) is 52.5 Å². The standard InChI is InChI=1S/C17H20N2OS/c20-16(7-6-14-4-2-1-3-5-14)19-11-8-15(9-12-19)17-18-10-13-21-17/h1-5,10,13,15H,6-9,11-12H2. The van der Waals surface area contributed by atoms with Gasteiger partial charge in [0.25, 0.3) is 0 Å². The lowest BCUT2D eigenvalue weighted by Gasteiger charge is -2.31. The number of aryl methyl sites for hydroxylation is 1. The molecule has 1 amide bonds. The van der Waals surface area contributed by atoms with Gasteiger partial charge >= 0.3 is 0 Å². The first-order chi connectivity index (χ1) is 10.3. The van der Waals surface area contributed by atoms with Crippen molar-refractivity contribution in [2.45, 2.75) is 31.6 Å². The summed E-state index contributed by atoms with van der Waals surface area (Å²) >= 11 is 1.73. The van der Waals surface area contributed by atoms with Crippen molar-refractivity contribution in [2.24, 2.45) is 0 Å². The minimum absolute atomic E-state index is 0.288. The summed E-state index contributed by atoms with van der Waals surface area (Å²) in [4.78, 5) is 18.7. The predicted octanol–water partition coefficient (Wildman–Crippen LogP) is 3.48. The maximum atomic E-state index is 12.3. The molecule has 1 aromatic carbocycles. The monoisotopic (exact) mass is 300 g/mol. The number of benzene rings is 1. The zero-order valence-electron chi connectivity index (χ0n) is 12.1. The highest BCUT2D eigenvalue weighted by molar-refractivity contribution is 7.09. The Bertz CT molecular complexity index is 560. The van der Waals surface area contributed by atoms with E-state index in [4.69, 9.17) is 0 Å². The second kappa shape index (κ2) is 6.85. The van der Waals surface area contributed by atoms with Gasteiger partial charge in [-0.15, -0.1) is 11.3 Å². The topological polar surface area (TPSA) is 33.2 Å². The number of carbonyl (C=O) groups excluding carboxylic acids is 1. The van der Waals surface area contributed by atoms with E-state index < -0.39 is 0 Å². The Balaban J connectivity index is 1.47. The molecule has 0 aliphatic carbocycles. The maximum absolute atomic E-state index is 12.3. The molecule has 110 valence electrons. The number of likely N-dealkylation sites (tertiary alicyclic amines) is 1. The minimum atomic E-state index is 0.288. The molecular weight excluding hydrogens is 280 g/mol. The van der Waals surface area contributed by atoms with Crippen LogP contribution in [0.4, 0.5) is 0 Å². The van der Waals surface area contributed by atoms with Crippen LogP contribution in [0.3, 0.4) is 0 Å². The highest BCUT2D eigenvalue weighted by Gasteiger charge is 2.24. The third-order valence-electron chi connectivity index (χ3n) is 4.12. The van der Waals surface area contributed by atoms with Gasteiger partial charge in [0.2, 0.25) is 5.91 Å². The Hall–Kier alpha value is -1.68. The summed E-state index contributed by atoms with van der Waals surface area (Å²) in [6.07, 6.45) is 5.42. The van der Waals surface area contributed by atoms with E-state index in [1.165, 1.54) is 10.6 Å². The quantitative estimate of drug-likeness (QED) is 0.866. The molecule has 1 aromatic heterocycles. The Labute approximate surface area is 129 Å². The zero-order valence-corrected chi connectivity index (χ0v) is 12.9. The van der Waals surface area contributed by atoms with Gasteiger partial charge < -0.3 is 4.90 Å². The van der Waals surface area contributed by atoms with Crippen molar-refractivity contribution < 1.29 is 4.79 Å². The van der Waals surface area contributed by atoms with E-state index in [1.807, 2.05) is 34.7 Å². The highest BCUT2D eigenvalue weighted by Crippen LogP contribution is 2.29. The van der Waals surface area contributed by atoms with Crippen LogP contribution in [0.1, 0.15) is 35.8 Å². The number of hydrogen-bond acceptors (Lipinski definition) is 3. The molecule has 0 saturated carbocycles. The third kappa shape index (κ3) is 3.70. The summed E-state index contributed by atoms with van der Waals surface area (Å²) in [5.41, 5.74) is 1.24. The lowest BCUT2D eigenvalue weighted by atomic mass is 9.97. The van der Waals surface area contributed by atoms with E-state index >= 15 is 0 Å². The van der Waals surface area contributed by atoms with Crippen molar-refractivity contribution in [3.8, 4) is 0 Å². The van der Waals surface area contributed by atoms with Crippen LogP contribution in [0.25, 0.3) is 0 Å². The molecular formula is C17H20N2OS. The largest absolute Gasteiger partial charge is 0.343 e. The number of hydrogen-bond donors (Lipinski definition) is 0. The van der Waals surface area contributed by atoms with E-state index in [0.717, 1.165) is 32.4 Å². The van der Waals surface area contributed by atoms with Crippen LogP contribution in [-0.4, -0.2) is 28.9 Å². The Morgan fingerprint density at radius 2 is 2.00 bits per heavy atom. The van der Waals surface area contributed by atoms with Crippen molar-refractivity contribution in [1.29, 1.82) is 0 Å². The van der Waals surface area contributed by atoms with Gasteiger partial charge in [-0.25, -0.2) is 4.98 Å². The van der Waals surface area contributed by atoms with Crippen molar-refractivity contribution >= 4 is 17.2 Å². The molecule has 21 heavy (non-hydrogen) atoms. The molecule has 0 radical (unpaired) electrons. The van der Waals surface area contributed by atoms with Gasteiger partial charge in [-0.3, -0.25) is 4.79 Å². The van der Waals surface area contributed by atoms with E-state index in [-0.39, 0.29) is 5.91 Å². The van der Waals surface area contributed by atoms with Gasteiger partial charge in [-0.05, 0) is 24.8 Å². The molecule has 2 aromatic rings. The molecule has 1 fully saturated rings. The maximum Gasteiger partial charge on any atom is 0.222 e. The molecule has 4 heteroatoms. The lowest BCUT2D eigenvalue weighted by molar-refractivity contribution is -0.132. The number of amides is 1. The second-order valence-electron chi connectivity index (χ2n) is 5.51. The number of rotatable bonds is 4. The average molecular weight is 300 g/mol. The fourth-order valence-corrected chi connectivity index (χ4v) is 3.68. The van der Waals surface area contributed by atoms with Gasteiger partial charge in [-0.1, -0.05) is 30.3 Å². The first kappa shape index (κ1) is 14.3. The number of nitrogens with zero attached hydrogens (tertiary/aromatic N) is 2. The van der Waals surface area contributed by atoms with Crippen molar-refractivity contribution in [1.82, 2.24) is 9.88 Å². The molecule has 3 nitrogen and oxygen atoms in total. The van der Waals surface area contributed by atoms with Crippen LogP contribution in [-0.2, 0) is 11.2 Å². The number of piperidine rings is 1. The first-order valence-electron chi connectivity index (χ1n) is 7.54.